The van der Waals surface area contributed by atoms with Crippen molar-refractivity contribution in [3.63, 3.8) is 0 Å². The molecular formula is C30H36N4O8. The molecule has 0 aromatic heterocycles. The number of likely N-dealkylation sites (N-methyl/N-ethyl adjacent to an activating group) is 1. The second-order valence-electron chi connectivity index (χ2n) is 10.3. The maximum atomic E-state index is 13.5. The van der Waals surface area contributed by atoms with Gasteiger partial charge in [-0.1, -0.05) is 0 Å². The van der Waals surface area contributed by atoms with Crippen LogP contribution in [0.3, 0.4) is 0 Å². The molecule has 3 aliphatic heterocycles. The fraction of sp³-hybridized carbons (Fsp3) is 0.433. The third-order valence-corrected chi connectivity index (χ3v) is 7.79. The average Bonchev–Trinajstić information content (AvgIpc) is 3.47. The van der Waals surface area contributed by atoms with E-state index in [-0.39, 0.29) is 31.4 Å². The molecule has 2 aromatic rings. The fourth-order valence-electron chi connectivity index (χ4n) is 5.58. The van der Waals surface area contributed by atoms with E-state index in [1.807, 2.05) is 11.8 Å². The number of piperazine rings is 1. The molecule has 2 atom stereocenters. The third kappa shape index (κ3) is 5.54. The van der Waals surface area contributed by atoms with E-state index in [4.69, 9.17) is 23.7 Å². The zero-order valence-corrected chi connectivity index (χ0v) is 24.5. The van der Waals surface area contributed by atoms with Gasteiger partial charge in [-0.25, -0.2) is 9.59 Å². The SMILES string of the molecule is CCOC(=O)C1=C(CN2CCN(C(=O)c3ccc4c(c3)OCO4)C(C)C2)N(C)C(=O)NC1c1cc(OC)ccc1OC. The predicted octanol–water partition coefficient (Wildman–Crippen LogP) is 2.79. The van der Waals surface area contributed by atoms with Crippen molar-refractivity contribution in [1.29, 1.82) is 0 Å². The van der Waals surface area contributed by atoms with Crippen molar-refractivity contribution < 1.29 is 38.1 Å². The number of nitrogens with zero attached hydrogens (tertiary/aromatic N) is 3. The molecule has 1 saturated heterocycles. The van der Waals surface area contributed by atoms with E-state index in [2.05, 4.69) is 10.2 Å². The normalized spacial score (nSPS) is 20.4. The molecule has 224 valence electrons. The van der Waals surface area contributed by atoms with Gasteiger partial charge in [0.25, 0.3) is 5.91 Å². The van der Waals surface area contributed by atoms with Gasteiger partial charge in [0.05, 0.1) is 32.4 Å². The van der Waals surface area contributed by atoms with Crippen LogP contribution in [0.5, 0.6) is 23.0 Å². The largest absolute Gasteiger partial charge is 0.497 e. The van der Waals surface area contributed by atoms with E-state index in [1.54, 1.807) is 57.5 Å². The van der Waals surface area contributed by atoms with Crippen molar-refractivity contribution in [3.8, 4) is 23.0 Å². The lowest BCUT2D eigenvalue weighted by molar-refractivity contribution is -0.139. The minimum absolute atomic E-state index is 0.0915. The first-order valence-corrected chi connectivity index (χ1v) is 13.8. The zero-order valence-electron chi connectivity index (χ0n) is 24.5. The number of urea groups is 1. The summed E-state index contributed by atoms with van der Waals surface area (Å²) in [6.07, 6.45) is 0. The molecule has 5 rings (SSSR count). The van der Waals surface area contributed by atoms with Crippen LogP contribution in [0.15, 0.2) is 47.7 Å². The molecule has 1 N–H and O–H groups in total. The van der Waals surface area contributed by atoms with Gasteiger partial charge in [0, 0.05) is 56.1 Å². The molecule has 2 aromatic carbocycles. The second kappa shape index (κ2) is 12.2. The molecule has 42 heavy (non-hydrogen) atoms. The first-order valence-electron chi connectivity index (χ1n) is 13.8. The highest BCUT2D eigenvalue weighted by molar-refractivity contribution is 5.96. The summed E-state index contributed by atoms with van der Waals surface area (Å²) in [4.78, 5) is 45.5. The lowest BCUT2D eigenvalue weighted by atomic mass is 9.93. The maximum Gasteiger partial charge on any atom is 0.338 e. The number of carbonyl (C=O) groups is 3. The van der Waals surface area contributed by atoms with E-state index in [9.17, 15) is 14.4 Å². The number of fused-ring (bicyclic) bond motifs is 1. The van der Waals surface area contributed by atoms with Crippen LogP contribution in [0.25, 0.3) is 0 Å². The fourth-order valence-corrected chi connectivity index (χ4v) is 5.58. The summed E-state index contributed by atoms with van der Waals surface area (Å²) in [6, 6.07) is 9.12. The highest BCUT2D eigenvalue weighted by Gasteiger charge is 2.40. The minimum Gasteiger partial charge on any atom is -0.497 e. The number of carbonyl (C=O) groups excluding carboxylic acids is 3. The number of amides is 3. The van der Waals surface area contributed by atoms with Crippen LogP contribution in [0.1, 0.15) is 35.8 Å². The molecule has 1 fully saturated rings. The van der Waals surface area contributed by atoms with Crippen molar-refractivity contribution in [1.82, 2.24) is 20.0 Å². The monoisotopic (exact) mass is 580 g/mol. The average molecular weight is 581 g/mol. The highest BCUT2D eigenvalue weighted by Crippen LogP contribution is 2.38. The van der Waals surface area contributed by atoms with Gasteiger partial charge in [-0.3, -0.25) is 14.6 Å². The van der Waals surface area contributed by atoms with Gasteiger partial charge in [-0.05, 0) is 50.2 Å². The topological polar surface area (TPSA) is 119 Å². The van der Waals surface area contributed by atoms with Crippen LogP contribution in [0.4, 0.5) is 4.79 Å². The maximum absolute atomic E-state index is 13.5. The van der Waals surface area contributed by atoms with Gasteiger partial charge in [0.1, 0.15) is 11.5 Å². The van der Waals surface area contributed by atoms with Crippen molar-refractivity contribution >= 4 is 17.9 Å². The Hall–Kier alpha value is -4.45. The summed E-state index contributed by atoms with van der Waals surface area (Å²) in [7, 11) is 4.71. The van der Waals surface area contributed by atoms with E-state index >= 15 is 0 Å². The molecule has 0 radical (unpaired) electrons. The number of benzene rings is 2. The Morgan fingerprint density at radius 3 is 2.55 bits per heavy atom. The van der Waals surface area contributed by atoms with Gasteiger partial charge in [0.2, 0.25) is 6.79 Å². The summed E-state index contributed by atoms with van der Waals surface area (Å²) in [5.74, 6) is 1.62. The molecule has 12 heteroatoms. The number of rotatable bonds is 8. The number of hydrogen-bond acceptors (Lipinski definition) is 9. The Labute approximate surface area is 244 Å². The van der Waals surface area contributed by atoms with Gasteiger partial charge in [0.15, 0.2) is 11.5 Å². The summed E-state index contributed by atoms with van der Waals surface area (Å²) in [5, 5.41) is 2.93. The quantitative estimate of drug-likeness (QED) is 0.470. The number of ether oxygens (including phenoxy) is 5. The van der Waals surface area contributed by atoms with Crippen molar-refractivity contribution in [2.75, 3.05) is 60.8 Å². The van der Waals surface area contributed by atoms with Crippen molar-refractivity contribution in [2.45, 2.75) is 25.9 Å². The molecule has 3 aliphatic rings. The number of esters is 1. The summed E-state index contributed by atoms with van der Waals surface area (Å²) in [5.41, 5.74) is 1.95. The first-order chi connectivity index (χ1) is 20.2. The van der Waals surface area contributed by atoms with Crippen LogP contribution in [0.2, 0.25) is 0 Å². The van der Waals surface area contributed by atoms with Crippen LogP contribution >= 0.6 is 0 Å². The minimum atomic E-state index is -0.820. The molecule has 0 bridgehead atoms. The van der Waals surface area contributed by atoms with Crippen LogP contribution in [0, 0.1) is 0 Å². The third-order valence-electron chi connectivity index (χ3n) is 7.79. The van der Waals surface area contributed by atoms with E-state index < -0.39 is 12.0 Å². The molecule has 3 heterocycles. The lowest BCUT2D eigenvalue weighted by Crippen LogP contribution is -2.56. The lowest BCUT2D eigenvalue weighted by Gasteiger charge is -2.42. The Morgan fingerprint density at radius 1 is 1.05 bits per heavy atom. The van der Waals surface area contributed by atoms with Crippen molar-refractivity contribution in [2.24, 2.45) is 0 Å². The predicted molar refractivity (Wildman–Crippen MR) is 152 cm³/mol. The van der Waals surface area contributed by atoms with Crippen LogP contribution in [-0.2, 0) is 9.53 Å². The molecule has 2 unspecified atom stereocenters. The highest BCUT2D eigenvalue weighted by atomic mass is 16.7. The Morgan fingerprint density at radius 2 is 1.83 bits per heavy atom. The Kier molecular flexibility index (Phi) is 8.44. The van der Waals surface area contributed by atoms with E-state index in [1.165, 1.54) is 12.0 Å². The zero-order chi connectivity index (χ0) is 30.0. The van der Waals surface area contributed by atoms with Gasteiger partial charge in [-0.2, -0.15) is 0 Å². The van der Waals surface area contributed by atoms with Gasteiger partial charge >= 0.3 is 12.0 Å². The van der Waals surface area contributed by atoms with Crippen molar-refractivity contribution in [3.05, 3.63) is 58.8 Å². The van der Waals surface area contributed by atoms with Gasteiger partial charge in [-0.15, -0.1) is 0 Å². The van der Waals surface area contributed by atoms with E-state index in [0.29, 0.717) is 71.6 Å². The molecular weight excluding hydrogens is 544 g/mol. The van der Waals surface area contributed by atoms with Crippen LogP contribution in [-0.4, -0.2) is 99.5 Å². The summed E-state index contributed by atoms with van der Waals surface area (Å²) >= 11 is 0. The van der Waals surface area contributed by atoms with Crippen LogP contribution < -0.4 is 24.3 Å². The molecule has 3 amide bonds. The summed E-state index contributed by atoms with van der Waals surface area (Å²) < 4.78 is 27.3. The molecule has 0 saturated carbocycles. The number of methoxy groups -OCH3 is 2. The van der Waals surface area contributed by atoms with Gasteiger partial charge < -0.3 is 33.9 Å². The Bertz CT molecular complexity index is 1410. The Balaban J connectivity index is 1.42. The standard InChI is InChI=1S/C30H36N4O8/c1-6-40-29(36)26-22(32(3)30(37)31-27(26)21-14-20(38-4)8-10-23(21)39-5)16-33-11-12-34(18(2)15-33)28(35)19-7-9-24-25(13-19)42-17-41-24/h7-10,13-14,18,27H,6,11-12,15-17H2,1-5H3,(H,31,37). The number of hydrogen-bond donors (Lipinski definition) is 1. The first kappa shape index (κ1) is 29.1. The second-order valence-corrected chi connectivity index (χ2v) is 10.3. The summed E-state index contributed by atoms with van der Waals surface area (Å²) in [6.45, 7) is 5.90. The van der Waals surface area contributed by atoms with E-state index in [0.717, 1.165) is 0 Å². The molecule has 12 nitrogen and oxygen atoms in total. The molecule has 0 spiro atoms. The smallest absolute Gasteiger partial charge is 0.338 e. The molecule has 0 aliphatic carbocycles. The number of nitrogens with one attached hydrogen (secondary N) is 1.